The Hall–Kier alpha value is -3.84. The van der Waals surface area contributed by atoms with Gasteiger partial charge in [-0.2, -0.15) is 0 Å². The Balaban J connectivity index is 1.48. The van der Waals surface area contributed by atoms with Crippen LogP contribution in [0.25, 0.3) is 0 Å². The van der Waals surface area contributed by atoms with Gasteiger partial charge in [0.2, 0.25) is 0 Å². The fraction of sp³-hybridized carbons (Fsp3) is 0.412. The molecule has 7 heteroatoms. The third-order valence-corrected chi connectivity index (χ3v) is 7.93. The van der Waals surface area contributed by atoms with E-state index in [9.17, 15) is 9.59 Å². The summed E-state index contributed by atoms with van der Waals surface area (Å²) in [4.78, 5) is 29.4. The van der Waals surface area contributed by atoms with Crippen molar-refractivity contribution in [3.8, 4) is 11.5 Å². The van der Waals surface area contributed by atoms with Crippen molar-refractivity contribution in [1.29, 1.82) is 0 Å². The van der Waals surface area contributed by atoms with Gasteiger partial charge >= 0.3 is 5.97 Å². The molecule has 1 aliphatic heterocycles. The standard InChI is InChI=1S/C34H39NO6/c1-3-39-34(37)29-21-28-26(19-20-30(38-2)32(28)40-23-24-13-7-4-8-14-24)22-35(29)33(36)31(25-15-9-5-10-16-25)41-27-17-11-6-12-18-27/h4-5,7-10,13-16,19-20,27,29,31H,3,6,11-12,17-18,21-23H2,1-2H3. The molecule has 3 aromatic carbocycles. The molecule has 216 valence electrons. The molecule has 1 aliphatic carbocycles. The highest BCUT2D eigenvalue weighted by Gasteiger charge is 2.41. The summed E-state index contributed by atoms with van der Waals surface area (Å²) in [6, 6.07) is 22.5. The van der Waals surface area contributed by atoms with Crippen LogP contribution in [0.4, 0.5) is 0 Å². The predicted molar refractivity (Wildman–Crippen MR) is 156 cm³/mol. The van der Waals surface area contributed by atoms with Crippen molar-refractivity contribution >= 4 is 11.9 Å². The third kappa shape index (κ3) is 6.73. The fourth-order valence-electron chi connectivity index (χ4n) is 5.80. The Bertz CT molecular complexity index is 1310. The van der Waals surface area contributed by atoms with E-state index in [-0.39, 0.29) is 31.6 Å². The molecule has 1 amide bonds. The van der Waals surface area contributed by atoms with Crippen LogP contribution in [0.3, 0.4) is 0 Å². The number of hydrogen-bond acceptors (Lipinski definition) is 6. The normalized spacial score (nSPS) is 17.8. The van der Waals surface area contributed by atoms with E-state index in [1.54, 1.807) is 18.9 Å². The molecule has 1 heterocycles. The van der Waals surface area contributed by atoms with Gasteiger partial charge in [-0.25, -0.2) is 4.79 Å². The van der Waals surface area contributed by atoms with Crippen LogP contribution in [0.2, 0.25) is 0 Å². The molecule has 7 nitrogen and oxygen atoms in total. The summed E-state index contributed by atoms with van der Waals surface area (Å²) in [5.74, 6) is 0.513. The van der Waals surface area contributed by atoms with Crippen LogP contribution in [-0.2, 0) is 38.6 Å². The maximum Gasteiger partial charge on any atom is 0.329 e. The molecule has 3 aromatic rings. The van der Waals surface area contributed by atoms with Crippen molar-refractivity contribution in [3.63, 3.8) is 0 Å². The molecule has 0 spiro atoms. The number of carbonyl (C=O) groups excluding carboxylic acids is 2. The highest BCUT2D eigenvalue weighted by molar-refractivity contribution is 5.89. The topological polar surface area (TPSA) is 74.3 Å². The number of carbonyl (C=O) groups is 2. The largest absolute Gasteiger partial charge is 0.493 e. The lowest BCUT2D eigenvalue weighted by molar-refractivity contribution is -0.163. The third-order valence-electron chi connectivity index (χ3n) is 7.93. The molecule has 0 aromatic heterocycles. The second kappa shape index (κ2) is 13.7. The van der Waals surface area contributed by atoms with Crippen LogP contribution in [0.1, 0.15) is 67.4 Å². The number of fused-ring (bicyclic) bond motifs is 1. The summed E-state index contributed by atoms with van der Waals surface area (Å²) >= 11 is 0. The number of ether oxygens (including phenoxy) is 4. The van der Waals surface area contributed by atoms with E-state index in [1.165, 1.54) is 6.42 Å². The van der Waals surface area contributed by atoms with E-state index in [4.69, 9.17) is 18.9 Å². The second-order valence-corrected chi connectivity index (χ2v) is 10.6. The van der Waals surface area contributed by atoms with Crippen molar-refractivity contribution in [3.05, 3.63) is 95.1 Å². The van der Waals surface area contributed by atoms with E-state index < -0.39 is 18.1 Å². The summed E-state index contributed by atoms with van der Waals surface area (Å²) in [5.41, 5.74) is 3.57. The molecule has 41 heavy (non-hydrogen) atoms. The summed E-state index contributed by atoms with van der Waals surface area (Å²) in [6.45, 7) is 2.59. The molecule has 0 radical (unpaired) electrons. The first-order valence-electron chi connectivity index (χ1n) is 14.6. The number of methoxy groups -OCH3 is 1. The van der Waals surface area contributed by atoms with Crippen molar-refractivity contribution in [1.82, 2.24) is 4.90 Å². The fourth-order valence-corrected chi connectivity index (χ4v) is 5.80. The first-order chi connectivity index (χ1) is 20.1. The Morgan fingerprint density at radius 2 is 1.63 bits per heavy atom. The Kier molecular flexibility index (Phi) is 9.57. The van der Waals surface area contributed by atoms with E-state index in [2.05, 4.69) is 0 Å². The Morgan fingerprint density at radius 3 is 2.32 bits per heavy atom. The van der Waals surface area contributed by atoms with Crippen LogP contribution >= 0.6 is 0 Å². The maximum absolute atomic E-state index is 14.4. The van der Waals surface area contributed by atoms with Crippen molar-refractivity contribution in [2.75, 3.05) is 13.7 Å². The zero-order valence-corrected chi connectivity index (χ0v) is 23.9. The molecule has 1 saturated carbocycles. The average molecular weight is 558 g/mol. The number of hydrogen-bond donors (Lipinski definition) is 0. The lowest BCUT2D eigenvalue weighted by Crippen LogP contribution is -2.51. The Morgan fingerprint density at radius 1 is 0.927 bits per heavy atom. The van der Waals surface area contributed by atoms with Crippen molar-refractivity contribution < 1.29 is 28.5 Å². The van der Waals surface area contributed by atoms with Gasteiger partial charge in [-0.3, -0.25) is 4.79 Å². The van der Waals surface area contributed by atoms with Crippen LogP contribution in [0, 0.1) is 0 Å². The number of esters is 1. The first-order valence-corrected chi connectivity index (χ1v) is 14.6. The highest BCUT2D eigenvalue weighted by Crippen LogP contribution is 2.40. The molecular weight excluding hydrogens is 518 g/mol. The van der Waals surface area contributed by atoms with E-state index in [1.807, 2.05) is 72.8 Å². The van der Waals surface area contributed by atoms with Gasteiger partial charge in [0.1, 0.15) is 12.6 Å². The average Bonchev–Trinajstić information content (AvgIpc) is 3.03. The number of nitrogens with zero attached hydrogens (tertiary/aromatic N) is 1. The van der Waals surface area contributed by atoms with E-state index in [0.29, 0.717) is 18.1 Å². The monoisotopic (exact) mass is 557 g/mol. The molecule has 5 rings (SSSR count). The lowest BCUT2D eigenvalue weighted by atomic mass is 9.91. The van der Waals surface area contributed by atoms with Gasteiger partial charge in [0.15, 0.2) is 17.6 Å². The lowest BCUT2D eigenvalue weighted by Gasteiger charge is -2.39. The van der Waals surface area contributed by atoms with Crippen LogP contribution in [0.5, 0.6) is 11.5 Å². The predicted octanol–water partition coefficient (Wildman–Crippen LogP) is 6.18. The zero-order valence-electron chi connectivity index (χ0n) is 23.9. The van der Waals surface area contributed by atoms with Gasteiger partial charge in [-0.15, -0.1) is 0 Å². The van der Waals surface area contributed by atoms with Crippen molar-refractivity contribution in [2.45, 2.75) is 76.9 Å². The van der Waals surface area contributed by atoms with Gasteiger partial charge in [-0.05, 0) is 42.5 Å². The molecule has 1 fully saturated rings. The quantitative estimate of drug-likeness (QED) is 0.277. The maximum atomic E-state index is 14.4. The number of benzene rings is 3. The Labute approximate surface area is 242 Å². The van der Waals surface area contributed by atoms with E-state index >= 15 is 0 Å². The summed E-state index contributed by atoms with van der Waals surface area (Å²) in [6.07, 6.45) is 4.71. The molecule has 2 atom stereocenters. The zero-order chi connectivity index (χ0) is 28.6. The smallest absolute Gasteiger partial charge is 0.329 e. The molecule has 0 saturated heterocycles. The molecule has 0 N–H and O–H groups in total. The number of rotatable bonds is 10. The number of amides is 1. The summed E-state index contributed by atoms with van der Waals surface area (Å²) in [5, 5.41) is 0. The summed E-state index contributed by atoms with van der Waals surface area (Å²) in [7, 11) is 1.60. The van der Waals surface area contributed by atoms with Gasteiger partial charge in [0.05, 0.1) is 19.8 Å². The molecule has 0 bridgehead atoms. The minimum atomic E-state index is -0.817. The first kappa shape index (κ1) is 28.7. The molecule has 2 aliphatic rings. The summed E-state index contributed by atoms with van der Waals surface area (Å²) < 4.78 is 24.0. The van der Waals surface area contributed by atoms with Gasteiger partial charge < -0.3 is 23.8 Å². The van der Waals surface area contributed by atoms with Crippen LogP contribution in [0.15, 0.2) is 72.8 Å². The van der Waals surface area contributed by atoms with Gasteiger partial charge in [0, 0.05) is 18.5 Å². The van der Waals surface area contributed by atoms with Crippen LogP contribution < -0.4 is 9.47 Å². The minimum absolute atomic E-state index is 0.0123. The van der Waals surface area contributed by atoms with Gasteiger partial charge in [0.25, 0.3) is 5.91 Å². The second-order valence-electron chi connectivity index (χ2n) is 10.6. The van der Waals surface area contributed by atoms with E-state index in [0.717, 1.165) is 47.9 Å². The highest BCUT2D eigenvalue weighted by atomic mass is 16.5. The van der Waals surface area contributed by atoms with Crippen molar-refractivity contribution in [2.24, 2.45) is 0 Å². The SMILES string of the molecule is CCOC(=O)C1Cc2c(ccc(OC)c2OCc2ccccc2)CN1C(=O)C(OC1CCCCC1)c1ccccc1. The molecular formula is C34H39NO6. The minimum Gasteiger partial charge on any atom is -0.493 e. The van der Waals surface area contributed by atoms with Crippen LogP contribution in [-0.4, -0.2) is 42.6 Å². The molecule has 2 unspecified atom stereocenters. The van der Waals surface area contributed by atoms with Gasteiger partial charge in [-0.1, -0.05) is 86.0 Å².